The zero-order valence-corrected chi connectivity index (χ0v) is 13.4. The Morgan fingerprint density at radius 1 is 1.22 bits per heavy atom. The Morgan fingerprint density at radius 3 is 2.48 bits per heavy atom. The van der Waals surface area contributed by atoms with Gasteiger partial charge in [-0.3, -0.25) is 14.4 Å². The number of hydrogen-bond acceptors (Lipinski definition) is 6. The van der Waals surface area contributed by atoms with Gasteiger partial charge >= 0.3 is 0 Å². The Bertz CT molecular complexity index is 820. The first-order valence-electron chi connectivity index (χ1n) is 6.75. The molecule has 0 radical (unpaired) electrons. The molecule has 0 aliphatic heterocycles. The minimum absolute atomic E-state index is 0.119. The van der Waals surface area contributed by atoms with Crippen molar-refractivity contribution in [1.82, 2.24) is 9.71 Å². The highest BCUT2D eigenvalue weighted by molar-refractivity contribution is 8.00. The van der Waals surface area contributed by atoms with Gasteiger partial charge in [-0.05, 0) is 26.0 Å². The number of rotatable bonds is 6. The number of carbonyl (C=O) groups is 2. The van der Waals surface area contributed by atoms with Crippen LogP contribution in [0.15, 0.2) is 34.2 Å². The Hall–Kier alpha value is -2.55. The van der Waals surface area contributed by atoms with Crippen LogP contribution in [0, 0.1) is 0 Å². The first-order chi connectivity index (χ1) is 10.8. The highest BCUT2D eigenvalue weighted by Crippen LogP contribution is 2.21. The summed E-state index contributed by atoms with van der Waals surface area (Å²) in [6.07, 6.45) is -1.04. The molecule has 1 aromatic heterocycles. The molecular formula is C14H16N4O4S. The van der Waals surface area contributed by atoms with E-state index in [1.54, 1.807) is 31.2 Å². The molecule has 2 amide bonds. The second-order valence-corrected chi connectivity index (χ2v) is 6.13. The Labute approximate surface area is 135 Å². The Morgan fingerprint density at radius 2 is 1.87 bits per heavy atom. The van der Waals surface area contributed by atoms with Gasteiger partial charge in [0.25, 0.3) is 11.5 Å². The highest BCUT2D eigenvalue weighted by Gasteiger charge is 2.21. The van der Waals surface area contributed by atoms with E-state index in [0.29, 0.717) is 10.9 Å². The van der Waals surface area contributed by atoms with Crippen LogP contribution >= 0.6 is 11.8 Å². The number of para-hydroxylation sites is 1. The molecule has 2 aromatic rings. The largest absolute Gasteiger partial charge is 0.395 e. The molecule has 0 saturated carbocycles. The van der Waals surface area contributed by atoms with E-state index < -0.39 is 28.7 Å². The van der Waals surface area contributed by atoms with Crippen LogP contribution in [0.4, 0.5) is 0 Å². The third-order valence-corrected chi connectivity index (χ3v) is 4.11. The lowest BCUT2D eigenvalue weighted by Crippen LogP contribution is -2.41. The molecule has 9 heteroatoms. The predicted molar refractivity (Wildman–Crippen MR) is 85.8 cm³/mol. The molecule has 1 heterocycles. The number of benzene rings is 1. The van der Waals surface area contributed by atoms with Crippen molar-refractivity contribution in [1.29, 1.82) is 0 Å². The molecule has 8 nitrogen and oxygen atoms in total. The lowest BCUT2D eigenvalue weighted by atomic mass is 10.2. The fraction of sp³-hybridized carbons (Fsp3) is 0.286. The maximum absolute atomic E-state index is 12.6. The molecule has 2 rings (SSSR count). The molecule has 0 saturated heterocycles. The molecule has 0 bridgehead atoms. The lowest BCUT2D eigenvalue weighted by molar-refractivity contribution is -0.129. The van der Waals surface area contributed by atoms with Gasteiger partial charge in [0.15, 0.2) is 6.10 Å². The molecule has 4 N–H and O–H groups in total. The molecule has 2 unspecified atom stereocenters. The topological polar surface area (TPSA) is 130 Å². The van der Waals surface area contributed by atoms with Crippen LogP contribution in [0.3, 0.4) is 0 Å². The van der Waals surface area contributed by atoms with Crippen molar-refractivity contribution < 1.29 is 14.4 Å². The van der Waals surface area contributed by atoms with Gasteiger partial charge in [-0.25, -0.2) is 4.98 Å². The summed E-state index contributed by atoms with van der Waals surface area (Å²) in [6, 6.07) is 6.67. The van der Waals surface area contributed by atoms with E-state index in [-0.39, 0.29) is 5.16 Å². The van der Waals surface area contributed by atoms with Gasteiger partial charge in [-0.15, -0.1) is 4.73 Å². The van der Waals surface area contributed by atoms with Gasteiger partial charge in [-0.2, -0.15) is 0 Å². The molecule has 2 atom stereocenters. The van der Waals surface area contributed by atoms with Crippen molar-refractivity contribution in [2.24, 2.45) is 11.5 Å². The highest BCUT2D eigenvalue weighted by atomic mass is 32.2. The molecule has 0 aliphatic rings. The number of primary amides is 2. The van der Waals surface area contributed by atoms with Gasteiger partial charge in [-0.1, -0.05) is 23.9 Å². The Balaban J connectivity index is 2.59. The van der Waals surface area contributed by atoms with Crippen molar-refractivity contribution in [2.45, 2.75) is 30.4 Å². The number of fused-ring (bicyclic) bond motifs is 1. The van der Waals surface area contributed by atoms with Crippen molar-refractivity contribution in [3.63, 3.8) is 0 Å². The van der Waals surface area contributed by atoms with E-state index in [2.05, 4.69) is 4.98 Å². The van der Waals surface area contributed by atoms with Gasteiger partial charge in [0, 0.05) is 0 Å². The number of thioether (sulfide) groups is 1. The van der Waals surface area contributed by atoms with Crippen molar-refractivity contribution in [2.75, 3.05) is 0 Å². The maximum atomic E-state index is 12.6. The summed E-state index contributed by atoms with van der Waals surface area (Å²) in [5, 5.41) is -0.199. The summed E-state index contributed by atoms with van der Waals surface area (Å²) in [5.41, 5.74) is 10.4. The van der Waals surface area contributed by atoms with Gasteiger partial charge in [0.2, 0.25) is 11.1 Å². The van der Waals surface area contributed by atoms with Crippen molar-refractivity contribution in [3.8, 4) is 0 Å². The minimum Gasteiger partial charge on any atom is -0.395 e. The van der Waals surface area contributed by atoms with E-state index in [4.69, 9.17) is 16.3 Å². The number of amides is 2. The predicted octanol–water partition coefficient (Wildman–Crippen LogP) is -0.335. The quantitative estimate of drug-likeness (QED) is 0.548. The summed E-state index contributed by atoms with van der Waals surface area (Å²) in [6.45, 7) is 2.99. The number of nitrogens with two attached hydrogens (primary N) is 2. The average Bonchev–Trinajstić information content (AvgIpc) is 2.50. The summed E-state index contributed by atoms with van der Waals surface area (Å²) in [5.74, 6) is -1.30. The molecule has 1 aromatic carbocycles. The van der Waals surface area contributed by atoms with Crippen LogP contribution in [-0.4, -0.2) is 32.9 Å². The van der Waals surface area contributed by atoms with Crippen LogP contribution in [0.25, 0.3) is 10.9 Å². The number of carbonyl (C=O) groups excluding carboxylic acids is 2. The number of aromatic nitrogens is 2. The van der Waals surface area contributed by atoms with Crippen molar-refractivity contribution in [3.05, 3.63) is 34.6 Å². The molecule has 0 aliphatic carbocycles. The van der Waals surface area contributed by atoms with Crippen molar-refractivity contribution >= 4 is 34.5 Å². The molecule has 23 heavy (non-hydrogen) atoms. The van der Waals surface area contributed by atoms with Crippen LogP contribution in [0.2, 0.25) is 0 Å². The first-order valence-corrected chi connectivity index (χ1v) is 7.63. The van der Waals surface area contributed by atoms with Crippen LogP contribution in [0.1, 0.15) is 13.8 Å². The fourth-order valence-corrected chi connectivity index (χ4v) is 2.50. The van der Waals surface area contributed by atoms with Crippen LogP contribution in [0.5, 0.6) is 0 Å². The summed E-state index contributed by atoms with van der Waals surface area (Å²) in [4.78, 5) is 44.7. The van der Waals surface area contributed by atoms with E-state index in [1.807, 2.05) is 0 Å². The van der Waals surface area contributed by atoms with Crippen LogP contribution in [-0.2, 0) is 9.59 Å². The SMILES string of the molecule is CC(On1c(SC(C)C(N)=O)nc2ccccc2c1=O)C(N)=O. The lowest BCUT2D eigenvalue weighted by Gasteiger charge is -2.17. The number of hydrogen-bond donors (Lipinski definition) is 2. The standard InChI is InChI=1S/C14H16N4O4S/c1-7(11(15)19)22-18-13(21)9-5-3-4-6-10(9)17-14(18)23-8(2)12(16)20/h3-8H,1-2H3,(H2,15,19)(H2,16,20). The monoisotopic (exact) mass is 336 g/mol. The normalized spacial score (nSPS) is 13.5. The average molecular weight is 336 g/mol. The zero-order valence-electron chi connectivity index (χ0n) is 12.6. The summed E-state index contributed by atoms with van der Waals surface area (Å²) < 4.78 is 0.877. The van der Waals surface area contributed by atoms with E-state index in [9.17, 15) is 14.4 Å². The molecule has 0 spiro atoms. The zero-order chi connectivity index (χ0) is 17.1. The van der Waals surface area contributed by atoms with E-state index >= 15 is 0 Å². The van der Waals surface area contributed by atoms with E-state index in [0.717, 1.165) is 16.5 Å². The molecule has 122 valence electrons. The summed E-state index contributed by atoms with van der Waals surface area (Å²) in [7, 11) is 0. The Kier molecular flexibility index (Phi) is 4.89. The number of nitrogens with zero attached hydrogens (tertiary/aromatic N) is 2. The summed E-state index contributed by atoms with van der Waals surface area (Å²) >= 11 is 0.961. The third-order valence-electron chi connectivity index (χ3n) is 3.06. The second kappa shape index (κ2) is 6.69. The second-order valence-electron chi connectivity index (χ2n) is 4.82. The van der Waals surface area contributed by atoms with Gasteiger partial charge in [0.1, 0.15) is 0 Å². The fourth-order valence-electron chi connectivity index (χ4n) is 1.69. The molecular weight excluding hydrogens is 320 g/mol. The van der Waals surface area contributed by atoms with Gasteiger partial charge in [0.05, 0.1) is 16.2 Å². The maximum Gasteiger partial charge on any atom is 0.295 e. The van der Waals surface area contributed by atoms with E-state index in [1.165, 1.54) is 6.92 Å². The van der Waals surface area contributed by atoms with Crippen LogP contribution < -0.4 is 21.9 Å². The molecule has 0 fully saturated rings. The minimum atomic E-state index is -1.04. The third kappa shape index (κ3) is 3.62. The van der Waals surface area contributed by atoms with Gasteiger partial charge < -0.3 is 16.3 Å². The smallest absolute Gasteiger partial charge is 0.295 e. The first kappa shape index (κ1) is 16.8.